The fourth-order valence-electron chi connectivity index (χ4n) is 2.90. The van der Waals surface area contributed by atoms with Crippen molar-refractivity contribution in [3.63, 3.8) is 0 Å². The van der Waals surface area contributed by atoms with Gasteiger partial charge in [-0.25, -0.2) is 4.98 Å². The minimum Gasteiger partial charge on any atom is -0.353 e. The molecule has 0 N–H and O–H groups in total. The summed E-state index contributed by atoms with van der Waals surface area (Å²) >= 11 is 6.18. The van der Waals surface area contributed by atoms with Gasteiger partial charge in [-0.15, -0.1) is 0 Å². The van der Waals surface area contributed by atoms with Crippen molar-refractivity contribution >= 4 is 17.4 Å². The molecule has 9 heteroatoms. The molecular weight excluding hydrogens is 367 g/mol. The van der Waals surface area contributed by atoms with Gasteiger partial charge in [0.05, 0.1) is 10.6 Å². The van der Waals surface area contributed by atoms with E-state index >= 15 is 0 Å². The molecule has 0 saturated carbocycles. The smallest absolute Gasteiger partial charge is 0.353 e. The number of anilines is 1. The second kappa shape index (κ2) is 7.48. The Morgan fingerprint density at radius 1 is 1.19 bits per heavy atom. The first-order valence-corrected chi connectivity index (χ1v) is 8.30. The summed E-state index contributed by atoms with van der Waals surface area (Å²) in [5.74, 6) is 0.586. The van der Waals surface area contributed by atoms with Crippen molar-refractivity contribution in [1.29, 1.82) is 5.26 Å². The molecule has 1 aliphatic rings. The highest BCUT2D eigenvalue weighted by molar-refractivity contribution is 6.33. The Kier molecular flexibility index (Phi) is 5.30. The summed E-state index contributed by atoms with van der Waals surface area (Å²) in [7, 11) is 0. The van der Waals surface area contributed by atoms with Gasteiger partial charge in [-0.1, -0.05) is 17.7 Å². The third-order valence-electron chi connectivity index (χ3n) is 4.18. The maximum absolute atomic E-state index is 13.1. The predicted octanol–water partition coefficient (Wildman–Crippen LogP) is 3.34. The third-order valence-corrected chi connectivity index (χ3v) is 4.45. The summed E-state index contributed by atoms with van der Waals surface area (Å²) in [5.41, 5.74) is -0.282. The Morgan fingerprint density at radius 2 is 1.92 bits per heavy atom. The van der Waals surface area contributed by atoms with Crippen molar-refractivity contribution < 1.29 is 13.2 Å². The first-order valence-electron chi connectivity index (χ1n) is 7.92. The van der Waals surface area contributed by atoms with Gasteiger partial charge in [-0.05, 0) is 17.7 Å². The second-order valence-corrected chi connectivity index (χ2v) is 6.32. The van der Waals surface area contributed by atoms with Crippen molar-refractivity contribution in [2.45, 2.75) is 12.7 Å². The second-order valence-electron chi connectivity index (χ2n) is 5.91. The van der Waals surface area contributed by atoms with Gasteiger partial charge in [0.1, 0.15) is 17.6 Å². The van der Waals surface area contributed by atoms with E-state index < -0.39 is 11.9 Å². The van der Waals surface area contributed by atoms with Gasteiger partial charge in [0.2, 0.25) is 0 Å². The number of pyridine rings is 2. The van der Waals surface area contributed by atoms with Crippen LogP contribution in [0.3, 0.4) is 0 Å². The minimum atomic E-state index is -4.46. The maximum atomic E-state index is 13.1. The summed E-state index contributed by atoms with van der Waals surface area (Å²) in [6, 6.07) is 6.51. The minimum absolute atomic E-state index is 0.169. The molecule has 1 fully saturated rings. The Bertz CT molecular complexity index is 826. The molecule has 2 aromatic heterocycles. The SMILES string of the molecule is N#Cc1cnc(N2CCN(Cc3cccnc3C(F)(F)F)CC2)c(Cl)c1. The van der Waals surface area contributed by atoms with Crippen LogP contribution in [0.4, 0.5) is 19.0 Å². The van der Waals surface area contributed by atoms with Crippen molar-refractivity contribution in [3.8, 4) is 6.07 Å². The largest absolute Gasteiger partial charge is 0.433 e. The van der Waals surface area contributed by atoms with Gasteiger partial charge in [0.25, 0.3) is 0 Å². The Morgan fingerprint density at radius 3 is 2.54 bits per heavy atom. The van der Waals surface area contributed by atoms with E-state index in [2.05, 4.69) is 9.97 Å². The van der Waals surface area contributed by atoms with Crippen LogP contribution in [0.25, 0.3) is 0 Å². The van der Waals surface area contributed by atoms with Gasteiger partial charge >= 0.3 is 6.18 Å². The van der Waals surface area contributed by atoms with Crippen LogP contribution >= 0.6 is 11.6 Å². The maximum Gasteiger partial charge on any atom is 0.433 e. The number of hydrogen-bond acceptors (Lipinski definition) is 5. The Balaban J connectivity index is 1.66. The van der Waals surface area contributed by atoms with E-state index in [9.17, 15) is 13.2 Å². The van der Waals surface area contributed by atoms with Crippen LogP contribution in [0, 0.1) is 11.3 Å². The number of rotatable bonds is 3. The summed E-state index contributed by atoms with van der Waals surface area (Å²) in [4.78, 5) is 11.6. The van der Waals surface area contributed by atoms with Gasteiger partial charge < -0.3 is 4.90 Å². The third kappa shape index (κ3) is 4.06. The molecule has 0 spiro atoms. The highest BCUT2D eigenvalue weighted by Gasteiger charge is 2.35. The average Bonchev–Trinajstić information content (AvgIpc) is 2.62. The molecule has 0 aromatic carbocycles. The number of hydrogen-bond donors (Lipinski definition) is 0. The number of piperazine rings is 1. The fourth-order valence-corrected chi connectivity index (χ4v) is 3.19. The molecule has 0 amide bonds. The van der Waals surface area contributed by atoms with Crippen molar-refractivity contribution in [1.82, 2.24) is 14.9 Å². The Labute approximate surface area is 153 Å². The lowest BCUT2D eigenvalue weighted by Gasteiger charge is -2.36. The predicted molar refractivity (Wildman–Crippen MR) is 90.7 cm³/mol. The normalized spacial score (nSPS) is 15.7. The van der Waals surface area contributed by atoms with E-state index in [4.69, 9.17) is 16.9 Å². The van der Waals surface area contributed by atoms with Crippen LogP contribution in [-0.2, 0) is 12.7 Å². The molecule has 3 rings (SSSR count). The molecule has 5 nitrogen and oxygen atoms in total. The molecule has 0 atom stereocenters. The van der Waals surface area contributed by atoms with E-state index in [1.807, 2.05) is 15.9 Å². The lowest BCUT2D eigenvalue weighted by molar-refractivity contribution is -0.142. The van der Waals surface area contributed by atoms with Crippen LogP contribution < -0.4 is 4.90 Å². The number of nitriles is 1. The molecule has 3 heterocycles. The zero-order chi connectivity index (χ0) is 18.7. The van der Waals surface area contributed by atoms with Crippen LogP contribution in [-0.4, -0.2) is 41.0 Å². The van der Waals surface area contributed by atoms with E-state index in [0.717, 1.165) is 6.20 Å². The highest BCUT2D eigenvalue weighted by atomic mass is 35.5. The summed E-state index contributed by atoms with van der Waals surface area (Å²) in [6.07, 6.45) is -1.85. The number of alkyl halides is 3. The van der Waals surface area contributed by atoms with Crippen molar-refractivity contribution in [2.75, 3.05) is 31.1 Å². The van der Waals surface area contributed by atoms with Gasteiger partial charge in [-0.3, -0.25) is 9.88 Å². The number of nitrogens with zero attached hydrogens (tertiary/aromatic N) is 5. The molecule has 136 valence electrons. The Hall–Kier alpha value is -2.37. The van der Waals surface area contributed by atoms with Crippen LogP contribution in [0.15, 0.2) is 30.6 Å². The number of halogens is 4. The number of aromatic nitrogens is 2. The van der Waals surface area contributed by atoms with Crippen molar-refractivity contribution in [2.24, 2.45) is 0 Å². The monoisotopic (exact) mass is 381 g/mol. The zero-order valence-corrected chi connectivity index (χ0v) is 14.4. The molecule has 0 radical (unpaired) electrons. The summed E-state index contributed by atoms with van der Waals surface area (Å²) in [5, 5.41) is 9.26. The summed E-state index contributed by atoms with van der Waals surface area (Å²) < 4.78 is 39.2. The van der Waals surface area contributed by atoms with E-state index in [1.54, 1.807) is 6.07 Å². The lowest BCUT2D eigenvalue weighted by Crippen LogP contribution is -2.46. The molecule has 0 unspecified atom stereocenters. The van der Waals surface area contributed by atoms with E-state index in [0.29, 0.717) is 42.6 Å². The zero-order valence-electron chi connectivity index (χ0n) is 13.7. The van der Waals surface area contributed by atoms with Crippen LogP contribution in [0.2, 0.25) is 5.02 Å². The highest BCUT2D eigenvalue weighted by Crippen LogP contribution is 2.31. The van der Waals surface area contributed by atoms with Crippen LogP contribution in [0.1, 0.15) is 16.8 Å². The lowest BCUT2D eigenvalue weighted by atomic mass is 10.1. The molecule has 1 aliphatic heterocycles. The average molecular weight is 382 g/mol. The van der Waals surface area contributed by atoms with Crippen molar-refractivity contribution in [3.05, 3.63) is 52.4 Å². The quantitative estimate of drug-likeness (QED) is 0.816. The van der Waals surface area contributed by atoms with Gasteiger partial charge in [0.15, 0.2) is 0 Å². The molecular formula is C17H15ClF3N5. The molecule has 0 aliphatic carbocycles. The van der Waals surface area contributed by atoms with Crippen LogP contribution in [0.5, 0.6) is 0 Å². The topological polar surface area (TPSA) is 56.1 Å². The first kappa shape index (κ1) is 18.4. The molecule has 2 aromatic rings. The fraction of sp³-hybridized carbons (Fsp3) is 0.353. The molecule has 26 heavy (non-hydrogen) atoms. The van der Waals surface area contributed by atoms with Gasteiger partial charge in [-0.2, -0.15) is 18.4 Å². The summed E-state index contributed by atoms with van der Waals surface area (Å²) in [6.45, 7) is 2.50. The molecule has 1 saturated heterocycles. The van der Waals surface area contributed by atoms with E-state index in [-0.39, 0.29) is 12.1 Å². The standard InChI is InChI=1S/C17H15ClF3N5/c18-14-8-12(9-22)10-24-16(14)26-6-4-25(5-7-26)11-13-2-1-3-23-15(13)17(19,20)21/h1-3,8,10H,4-7,11H2. The first-order chi connectivity index (χ1) is 12.4. The van der Waals surface area contributed by atoms with E-state index in [1.165, 1.54) is 18.3 Å². The van der Waals surface area contributed by atoms with Gasteiger partial charge in [0, 0.05) is 45.1 Å². The molecule has 0 bridgehead atoms.